The molecule has 26 heavy (non-hydrogen) atoms. The van der Waals surface area contributed by atoms with Crippen LogP contribution >= 0.6 is 22.6 Å². The Morgan fingerprint density at radius 3 is 2.81 bits per heavy atom. The maximum atomic E-state index is 12.5. The van der Waals surface area contributed by atoms with E-state index in [1.807, 2.05) is 16.7 Å². The highest BCUT2D eigenvalue weighted by atomic mass is 33.1. The smallest absolute Gasteiger partial charge is 0.315 e. The molecule has 3 amide bonds. The lowest BCUT2D eigenvalue weighted by atomic mass is 10.0. The summed E-state index contributed by atoms with van der Waals surface area (Å²) in [6.45, 7) is 1.31. The molecule has 0 unspecified atom stereocenters. The van der Waals surface area contributed by atoms with E-state index in [1.165, 1.54) is 0 Å². The van der Waals surface area contributed by atoms with Crippen molar-refractivity contribution in [3.8, 4) is 0 Å². The molecule has 2 N–H and O–H groups in total. The molecule has 5 atom stereocenters. The number of unbranched alkanes of at least 4 members (excludes halogenated alkanes) is 1. The zero-order chi connectivity index (χ0) is 18.3. The van der Waals surface area contributed by atoms with E-state index in [4.69, 9.17) is 0 Å². The Morgan fingerprint density at radius 1 is 1.15 bits per heavy atom. The number of hydrogen-bond acceptors (Lipinski definition) is 6. The second kappa shape index (κ2) is 7.43. The number of likely N-dealkylation sites (tertiary alicyclic amines) is 1. The number of carbonyl (C=O) groups excluding carboxylic acids is 2. The van der Waals surface area contributed by atoms with Crippen LogP contribution in [0, 0.1) is 11.8 Å². The summed E-state index contributed by atoms with van der Waals surface area (Å²) in [7, 11) is -1.94. The standard InChI is InChI=1S/C16H25N3O4S3/c20-14(19-5-10-7-25-26(22,23)9-11(10)6-19)4-2-1-3-13-15-12(8-24-13)17-16(21)18-15/h10-13,15H,1-9H2,(H2,17,18,21)/t10-,11-,12+,13+,15+/m1/s1. The zero-order valence-corrected chi connectivity index (χ0v) is 17.0. The van der Waals surface area contributed by atoms with E-state index in [9.17, 15) is 18.0 Å². The fourth-order valence-corrected chi connectivity index (χ4v) is 9.71. The third kappa shape index (κ3) is 3.96. The Balaban J connectivity index is 1.18. The van der Waals surface area contributed by atoms with Crippen LogP contribution < -0.4 is 10.6 Å². The Labute approximate surface area is 162 Å². The van der Waals surface area contributed by atoms with Crippen LogP contribution in [0.15, 0.2) is 0 Å². The van der Waals surface area contributed by atoms with Crippen molar-refractivity contribution in [2.24, 2.45) is 11.8 Å². The number of thioether (sulfide) groups is 1. The molecule has 0 saturated carbocycles. The fraction of sp³-hybridized carbons (Fsp3) is 0.875. The molecule has 7 nitrogen and oxygen atoms in total. The number of nitrogens with one attached hydrogen (secondary N) is 2. The topological polar surface area (TPSA) is 95.6 Å². The summed E-state index contributed by atoms with van der Waals surface area (Å²) in [5.74, 6) is 2.42. The second-order valence-corrected chi connectivity index (χ2v) is 13.2. The molecule has 0 aromatic heterocycles. The van der Waals surface area contributed by atoms with E-state index in [-0.39, 0.29) is 35.7 Å². The normalized spacial score (nSPS) is 37.8. The molecule has 4 saturated heterocycles. The lowest BCUT2D eigenvalue weighted by Crippen LogP contribution is -2.36. The van der Waals surface area contributed by atoms with Crippen molar-refractivity contribution in [3.05, 3.63) is 0 Å². The number of hydrogen-bond donors (Lipinski definition) is 2. The molecule has 0 radical (unpaired) electrons. The minimum Gasteiger partial charge on any atom is -0.342 e. The van der Waals surface area contributed by atoms with Crippen molar-refractivity contribution in [1.29, 1.82) is 0 Å². The van der Waals surface area contributed by atoms with Gasteiger partial charge in [-0.3, -0.25) is 4.79 Å². The van der Waals surface area contributed by atoms with Gasteiger partial charge < -0.3 is 15.5 Å². The van der Waals surface area contributed by atoms with Crippen LogP contribution in [-0.2, 0) is 13.7 Å². The summed E-state index contributed by atoms with van der Waals surface area (Å²) in [4.78, 5) is 25.7. The molecule has 0 aromatic carbocycles. The summed E-state index contributed by atoms with van der Waals surface area (Å²) in [5, 5.41) is 6.38. The third-order valence-corrected chi connectivity index (χ3v) is 11.0. The van der Waals surface area contributed by atoms with E-state index in [1.54, 1.807) is 0 Å². The summed E-state index contributed by atoms with van der Waals surface area (Å²) >= 11 is 1.90. The Kier molecular flexibility index (Phi) is 5.35. The van der Waals surface area contributed by atoms with Gasteiger partial charge in [0.2, 0.25) is 14.8 Å². The maximum absolute atomic E-state index is 12.5. The molecule has 4 aliphatic rings. The van der Waals surface area contributed by atoms with Gasteiger partial charge in [0.15, 0.2) is 0 Å². The van der Waals surface area contributed by atoms with Crippen molar-refractivity contribution >= 4 is 43.4 Å². The van der Waals surface area contributed by atoms with Gasteiger partial charge in [0.1, 0.15) is 0 Å². The highest BCUT2D eigenvalue weighted by molar-refractivity contribution is 8.72. The molecular weight excluding hydrogens is 394 g/mol. The first-order chi connectivity index (χ1) is 12.4. The van der Waals surface area contributed by atoms with E-state index in [0.29, 0.717) is 36.4 Å². The van der Waals surface area contributed by atoms with Crippen LogP contribution in [0.5, 0.6) is 0 Å². The van der Waals surface area contributed by atoms with Crippen LogP contribution in [0.4, 0.5) is 4.79 Å². The second-order valence-electron chi connectivity index (χ2n) is 7.70. The van der Waals surface area contributed by atoms with Crippen molar-refractivity contribution in [1.82, 2.24) is 15.5 Å². The van der Waals surface area contributed by atoms with Gasteiger partial charge in [-0.05, 0) is 35.5 Å². The average molecular weight is 420 g/mol. The van der Waals surface area contributed by atoms with Crippen LogP contribution in [-0.4, -0.2) is 72.9 Å². The Hall–Kier alpha value is -0.610. The van der Waals surface area contributed by atoms with Crippen LogP contribution in [0.1, 0.15) is 25.7 Å². The highest BCUT2D eigenvalue weighted by Crippen LogP contribution is 2.37. The van der Waals surface area contributed by atoms with Crippen LogP contribution in [0.25, 0.3) is 0 Å². The molecule has 0 spiro atoms. The van der Waals surface area contributed by atoms with E-state index >= 15 is 0 Å². The van der Waals surface area contributed by atoms with Crippen molar-refractivity contribution in [2.45, 2.75) is 43.0 Å². The first kappa shape index (κ1) is 18.7. The molecule has 4 aliphatic heterocycles. The van der Waals surface area contributed by atoms with Crippen LogP contribution in [0.3, 0.4) is 0 Å². The SMILES string of the molecule is O=C1N[C@H]2[C@H](CS[C@H]2CCCCC(=O)N2C[C@@H]3CS(=O)(=O)SC[C@H]3C2)N1. The summed E-state index contributed by atoms with van der Waals surface area (Å²) in [6, 6.07) is 0.418. The number of fused-ring (bicyclic) bond motifs is 2. The average Bonchev–Trinajstić information content (AvgIpc) is 3.24. The predicted molar refractivity (Wildman–Crippen MR) is 104 cm³/mol. The number of nitrogens with zero attached hydrogens (tertiary/aromatic N) is 1. The number of urea groups is 1. The lowest BCUT2D eigenvalue weighted by Gasteiger charge is -2.22. The number of carbonyl (C=O) groups is 2. The summed E-state index contributed by atoms with van der Waals surface area (Å²) in [6.07, 6.45) is 3.39. The van der Waals surface area contributed by atoms with Gasteiger partial charge in [-0.1, -0.05) is 6.42 Å². The number of rotatable bonds is 5. The third-order valence-electron chi connectivity index (χ3n) is 5.88. The zero-order valence-electron chi connectivity index (χ0n) is 14.6. The van der Waals surface area contributed by atoms with Gasteiger partial charge in [0.05, 0.1) is 17.8 Å². The van der Waals surface area contributed by atoms with Gasteiger partial charge >= 0.3 is 6.03 Å². The molecule has 4 rings (SSSR count). The fourth-order valence-electron chi connectivity index (χ4n) is 4.44. The molecule has 4 fully saturated rings. The van der Waals surface area contributed by atoms with E-state index in [0.717, 1.165) is 35.8 Å². The molecule has 0 bridgehead atoms. The summed E-state index contributed by atoms with van der Waals surface area (Å²) < 4.78 is 23.5. The van der Waals surface area contributed by atoms with Gasteiger partial charge in [-0.2, -0.15) is 11.8 Å². The monoisotopic (exact) mass is 419 g/mol. The number of amides is 3. The van der Waals surface area contributed by atoms with Gasteiger partial charge in [0, 0.05) is 36.3 Å². The maximum Gasteiger partial charge on any atom is 0.315 e. The minimum absolute atomic E-state index is 0.0591. The van der Waals surface area contributed by atoms with Crippen LogP contribution in [0.2, 0.25) is 0 Å². The van der Waals surface area contributed by atoms with Crippen molar-refractivity contribution in [3.63, 3.8) is 0 Å². The molecule has 146 valence electrons. The predicted octanol–water partition coefficient (Wildman–Crippen LogP) is 0.863. The van der Waals surface area contributed by atoms with Gasteiger partial charge in [-0.25, -0.2) is 13.2 Å². The first-order valence-corrected chi connectivity index (χ1v) is 13.4. The summed E-state index contributed by atoms with van der Waals surface area (Å²) in [5.41, 5.74) is 0. The molecule has 0 aromatic rings. The Bertz CT molecular complexity index is 686. The molecule has 4 heterocycles. The largest absolute Gasteiger partial charge is 0.342 e. The lowest BCUT2D eigenvalue weighted by molar-refractivity contribution is -0.130. The quantitative estimate of drug-likeness (QED) is 0.390. The molecular formula is C16H25N3O4S3. The van der Waals surface area contributed by atoms with Crippen molar-refractivity contribution in [2.75, 3.05) is 30.3 Å². The van der Waals surface area contributed by atoms with Gasteiger partial charge in [-0.15, -0.1) is 0 Å². The van der Waals surface area contributed by atoms with Crippen molar-refractivity contribution < 1.29 is 18.0 Å². The molecule has 10 heteroatoms. The first-order valence-electron chi connectivity index (χ1n) is 9.25. The Morgan fingerprint density at radius 2 is 1.96 bits per heavy atom. The highest BCUT2D eigenvalue weighted by Gasteiger charge is 2.43. The molecule has 0 aliphatic carbocycles. The van der Waals surface area contributed by atoms with Gasteiger partial charge in [0.25, 0.3) is 0 Å². The van der Waals surface area contributed by atoms with E-state index < -0.39 is 8.87 Å². The van der Waals surface area contributed by atoms with E-state index in [2.05, 4.69) is 10.6 Å². The minimum atomic E-state index is -2.99.